The van der Waals surface area contributed by atoms with Crippen molar-refractivity contribution in [2.75, 3.05) is 13.1 Å². The average Bonchev–Trinajstić information content (AvgIpc) is 2.41. The van der Waals surface area contributed by atoms with E-state index in [1.54, 1.807) is 13.8 Å². The fraction of sp³-hybridized carbons (Fsp3) is 0.769. The van der Waals surface area contributed by atoms with Gasteiger partial charge in [-0.15, -0.1) is 0 Å². The molecule has 0 aromatic rings. The molecule has 0 heterocycles. The van der Waals surface area contributed by atoms with E-state index in [2.05, 4.69) is 0 Å². The summed E-state index contributed by atoms with van der Waals surface area (Å²) in [4.78, 5) is 32.7. The molecule has 0 aliphatic carbocycles. The molecule has 0 saturated carbocycles. The van der Waals surface area contributed by atoms with Crippen LogP contribution in [0.15, 0.2) is 0 Å². The van der Waals surface area contributed by atoms with Crippen LogP contribution >= 0.6 is 0 Å². The van der Waals surface area contributed by atoms with Crippen LogP contribution in [0, 0.1) is 5.92 Å². The first-order valence-corrected chi connectivity index (χ1v) is 6.61. The number of carbonyl (C=O) groups is 3. The molecule has 6 heteroatoms. The third-order valence-corrected chi connectivity index (χ3v) is 2.51. The van der Waals surface area contributed by atoms with E-state index in [-0.39, 0.29) is 30.8 Å². The summed E-state index contributed by atoms with van der Waals surface area (Å²) in [6.07, 6.45) is 2.18. The Morgan fingerprint density at radius 3 is 1.53 bits per heavy atom. The second-order valence-corrected chi connectivity index (χ2v) is 4.07. The van der Waals surface area contributed by atoms with Gasteiger partial charge in [0.25, 0.3) is 0 Å². The minimum Gasteiger partial charge on any atom is -0.481 e. The maximum Gasteiger partial charge on any atom is 0.304 e. The molecule has 0 fully saturated rings. The molecule has 0 aliphatic rings. The molecule has 0 spiro atoms. The topological polar surface area (TPSA) is 123 Å². The van der Waals surface area contributed by atoms with Crippen molar-refractivity contribution in [2.45, 2.75) is 46.0 Å². The molecule has 0 atom stereocenters. The lowest BCUT2D eigenvalue weighted by Crippen LogP contribution is -2.25. The number of hydrogen-bond donors (Lipinski definition) is 3. The maximum atomic E-state index is 11.2. The molecule has 0 bridgehead atoms. The Morgan fingerprint density at radius 1 is 0.947 bits per heavy atom. The summed E-state index contributed by atoms with van der Waals surface area (Å²) in [5, 5.41) is 8.47. The Hall–Kier alpha value is -1.27. The predicted octanol–water partition coefficient (Wildman–Crippen LogP) is 0.720. The molecular formula is C13H26N2O4. The van der Waals surface area contributed by atoms with Gasteiger partial charge in [-0.1, -0.05) is 13.8 Å². The summed E-state index contributed by atoms with van der Waals surface area (Å²) < 4.78 is 0. The molecule has 0 rings (SSSR count). The van der Waals surface area contributed by atoms with E-state index in [1.165, 1.54) is 0 Å². The number of ketones is 2. The molecule has 0 unspecified atom stereocenters. The van der Waals surface area contributed by atoms with Gasteiger partial charge in [-0.25, -0.2) is 0 Å². The number of carboxylic acids is 1. The summed E-state index contributed by atoms with van der Waals surface area (Å²) in [6, 6.07) is 0. The smallest absolute Gasteiger partial charge is 0.304 e. The van der Waals surface area contributed by atoms with Crippen molar-refractivity contribution in [3.8, 4) is 0 Å². The Labute approximate surface area is 114 Å². The van der Waals surface area contributed by atoms with Gasteiger partial charge >= 0.3 is 5.97 Å². The van der Waals surface area contributed by atoms with E-state index >= 15 is 0 Å². The molecule has 0 radical (unpaired) electrons. The first-order chi connectivity index (χ1) is 8.94. The Bertz CT molecular complexity index is 260. The molecule has 0 aliphatic heterocycles. The van der Waals surface area contributed by atoms with Crippen molar-refractivity contribution in [1.82, 2.24) is 0 Å². The van der Waals surface area contributed by atoms with Gasteiger partial charge < -0.3 is 16.6 Å². The van der Waals surface area contributed by atoms with Crippen LogP contribution in [0.5, 0.6) is 0 Å². The monoisotopic (exact) mass is 274 g/mol. The van der Waals surface area contributed by atoms with Crippen LogP contribution in [0.1, 0.15) is 46.0 Å². The Kier molecular flexibility index (Phi) is 13.9. The second kappa shape index (κ2) is 13.2. The molecular weight excluding hydrogens is 248 g/mol. The first-order valence-electron chi connectivity index (χ1n) is 6.61. The molecule has 19 heavy (non-hydrogen) atoms. The van der Waals surface area contributed by atoms with Crippen LogP contribution in [-0.4, -0.2) is 35.7 Å². The van der Waals surface area contributed by atoms with E-state index in [0.29, 0.717) is 0 Å². The largest absolute Gasteiger partial charge is 0.481 e. The summed E-state index contributed by atoms with van der Waals surface area (Å²) in [5.41, 5.74) is 10.3. The van der Waals surface area contributed by atoms with Crippen molar-refractivity contribution in [3.05, 3.63) is 0 Å². The minimum atomic E-state index is -1.10. The lowest BCUT2D eigenvalue weighted by atomic mass is 9.92. The summed E-state index contributed by atoms with van der Waals surface area (Å²) in [6.45, 7) is 4.80. The highest BCUT2D eigenvalue weighted by molar-refractivity contribution is 6.04. The van der Waals surface area contributed by atoms with Crippen LogP contribution in [0.4, 0.5) is 0 Å². The van der Waals surface area contributed by atoms with E-state index < -0.39 is 11.9 Å². The molecule has 0 amide bonds. The standard InChI is InChI=1S/C9H14O4.C4H12N2/c1-3-7(10)6(5-9(12)13)8(11)4-2;5-3-1-2-4-6/h6H,3-5H2,1-2H3,(H,12,13);1-6H2. The summed E-state index contributed by atoms with van der Waals surface area (Å²) in [7, 11) is 0. The van der Waals surface area contributed by atoms with Gasteiger partial charge in [0.2, 0.25) is 0 Å². The van der Waals surface area contributed by atoms with Crippen LogP contribution < -0.4 is 11.5 Å². The fourth-order valence-corrected chi connectivity index (χ4v) is 1.36. The van der Waals surface area contributed by atoms with E-state index in [4.69, 9.17) is 16.6 Å². The van der Waals surface area contributed by atoms with E-state index in [1.807, 2.05) is 0 Å². The third-order valence-electron chi connectivity index (χ3n) is 2.51. The maximum absolute atomic E-state index is 11.2. The minimum absolute atomic E-state index is 0.212. The number of unbranched alkanes of at least 4 members (excludes halogenated alkanes) is 1. The summed E-state index contributed by atoms with van der Waals surface area (Å²) in [5.74, 6) is -2.61. The molecule has 0 aromatic heterocycles. The first kappa shape index (κ1) is 20.1. The van der Waals surface area contributed by atoms with Crippen molar-refractivity contribution in [1.29, 1.82) is 0 Å². The van der Waals surface area contributed by atoms with E-state index in [9.17, 15) is 14.4 Å². The Morgan fingerprint density at radius 2 is 1.32 bits per heavy atom. The van der Waals surface area contributed by atoms with E-state index in [0.717, 1.165) is 25.9 Å². The normalized spacial score (nSPS) is 9.74. The second-order valence-electron chi connectivity index (χ2n) is 4.07. The van der Waals surface area contributed by atoms with Gasteiger partial charge in [0.1, 0.15) is 11.6 Å². The van der Waals surface area contributed by atoms with Crippen molar-refractivity contribution in [2.24, 2.45) is 17.4 Å². The lowest BCUT2D eigenvalue weighted by Gasteiger charge is -2.09. The highest BCUT2D eigenvalue weighted by Gasteiger charge is 2.25. The highest BCUT2D eigenvalue weighted by Crippen LogP contribution is 2.10. The molecule has 6 nitrogen and oxygen atoms in total. The van der Waals surface area contributed by atoms with Gasteiger partial charge in [0.05, 0.1) is 12.3 Å². The van der Waals surface area contributed by atoms with Crippen LogP contribution in [0.25, 0.3) is 0 Å². The number of aliphatic carboxylic acids is 1. The van der Waals surface area contributed by atoms with Crippen LogP contribution in [0.2, 0.25) is 0 Å². The quantitative estimate of drug-likeness (QED) is 0.420. The number of carboxylic acid groups (broad SMARTS) is 1. The van der Waals surface area contributed by atoms with Gasteiger partial charge in [-0.2, -0.15) is 0 Å². The zero-order valence-corrected chi connectivity index (χ0v) is 11.9. The van der Waals surface area contributed by atoms with Crippen molar-refractivity contribution < 1.29 is 19.5 Å². The van der Waals surface area contributed by atoms with Gasteiger partial charge in [0, 0.05) is 12.8 Å². The number of nitrogens with two attached hydrogens (primary N) is 2. The number of Topliss-reactive ketones (excluding diaryl/α,β-unsaturated/α-hetero) is 2. The molecule has 112 valence electrons. The number of hydrogen-bond acceptors (Lipinski definition) is 5. The van der Waals surface area contributed by atoms with Crippen molar-refractivity contribution >= 4 is 17.5 Å². The van der Waals surface area contributed by atoms with Crippen LogP contribution in [-0.2, 0) is 14.4 Å². The third kappa shape index (κ3) is 11.5. The van der Waals surface area contributed by atoms with Crippen LogP contribution in [0.3, 0.4) is 0 Å². The Balaban J connectivity index is 0. The molecule has 5 N–H and O–H groups in total. The average molecular weight is 274 g/mol. The SMILES string of the molecule is CCC(=O)C(CC(=O)O)C(=O)CC.NCCCCN. The summed E-state index contributed by atoms with van der Waals surface area (Å²) >= 11 is 0. The number of rotatable bonds is 9. The zero-order chi connectivity index (χ0) is 15.3. The highest BCUT2D eigenvalue weighted by atomic mass is 16.4. The van der Waals surface area contributed by atoms with Gasteiger partial charge in [-0.3, -0.25) is 14.4 Å². The van der Waals surface area contributed by atoms with Gasteiger partial charge in [-0.05, 0) is 25.9 Å². The fourth-order valence-electron chi connectivity index (χ4n) is 1.36. The van der Waals surface area contributed by atoms with Gasteiger partial charge in [0.15, 0.2) is 0 Å². The van der Waals surface area contributed by atoms with Crippen molar-refractivity contribution in [3.63, 3.8) is 0 Å². The number of carbonyl (C=O) groups excluding carboxylic acids is 2. The predicted molar refractivity (Wildman–Crippen MR) is 73.7 cm³/mol. The molecule has 0 saturated heterocycles. The zero-order valence-electron chi connectivity index (χ0n) is 11.9. The lowest BCUT2D eigenvalue weighted by molar-refractivity contribution is -0.144. The molecule has 0 aromatic carbocycles.